The average Bonchev–Trinajstić information content (AvgIpc) is 3.26. The maximum Gasteiger partial charge on any atom is 0.293 e. The van der Waals surface area contributed by atoms with E-state index in [1.54, 1.807) is 19.1 Å². The summed E-state index contributed by atoms with van der Waals surface area (Å²) in [5.74, 6) is 1.65. The van der Waals surface area contributed by atoms with Crippen molar-refractivity contribution in [2.75, 3.05) is 11.9 Å². The Morgan fingerprint density at radius 1 is 1.30 bits per heavy atom. The zero-order valence-electron chi connectivity index (χ0n) is 12.5. The number of ether oxygens (including phenoxy) is 1. The number of aryl methyl sites for hydroxylation is 1. The summed E-state index contributed by atoms with van der Waals surface area (Å²) in [7, 11) is 0. The van der Waals surface area contributed by atoms with Gasteiger partial charge in [0.05, 0.1) is 12.3 Å². The van der Waals surface area contributed by atoms with Gasteiger partial charge >= 0.3 is 0 Å². The summed E-state index contributed by atoms with van der Waals surface area (Å²) >= 11 is 1.39. The van der Waals surface area contributed by atoms with E-state index in [1.807, 2.05) is 17.5 Å². The van der Waals surface area contributed by atoms with Crippen LogP contribution in [0.5, 0.6) is 5.75 Å². The van der Waals surface area contributed by atoms with Crippen molar-refractivity contribution in [3.8, 4) is 17.0 Å². The summed E-state index contributed by atoms with van der Waals surface area (Å²) in [6, 6.07) is 9.47. The van der Waals surface area contributed by atoms with Crippen LogP contribution < -0.4 is 10.1 Å². The minimum absolute atomic E-state index is 0.286. The monoisotopic (exact) mass is 326 g/mol. The molecule has 4 rings (SSSR count). The van der Waals surface area contributed by atoms with E-state index in [1.165, 1.54) is 16.9 Å². The highest BCUT2D eigenvalue weighted by molar-refractivity contribution is 7.14. The zero-order valence-corrected chi connectivity index (χ0v) is 13.3. The molecule has 0 atom stereocenters. The fourth-order valence-corrected chi connectivity index (χ4v) is 3.24. The Morgan fingerprint density at radius 3 is 3.04 bits per heavy atom. The first-order valence-electron chi connectivity index (χ1n) is 7.28. The third-order valence-electron chi connectivity index (χ3n) is 3.67. The minimum atomic E-state index is -0.290. The number of hydrogen-bond donors (Lipinski definition) is 1. The Balaban J connectivity index is 1.54. The van der Waals surface area contributed by atoms with Crippen LogP contribution in [-0.4, -0.2) is 17.5 Å². The van der Waals surface area contributed by atoms with Crippen molar-refractivity contribution >= 4 is 22.4 Å². The molecule has 116 valence electrons. The topological polar surface area (TPSA) is 64.4 Å². The first kappa shape index (κ1) is 14.0. The van der Waals surface area contributed by atoms with Crippen LogP contribution in [0.2, 0.25) is 0 Å². The van der Waals surface area contributed by atoms with Gasteiger partial charge in [-0.1, -0.05) is 0 Å². The smallest absolute Gasteiger partial charge is 0.293 e. The van der Waals surface area contributed by atoms with E-state index in [-0.39, 0.29) is 11.7 Å². The highest BCUT2D eigenvalue weighted by Gasteiger charge is 2.15. The molecule has 0 spiro atoms. The Bertz CT molecular complexity index is 882. The number of carbonyl (C=O) groups is 1. The van der Waals surface area contributed by atoms with Gasteiger partial charge in [-0.25, -0.2) is 4.98 Å². The molecule has 0 bridgehead atoms. The van der Waals surface area contributed by atoms with Crippen molar-refractivity contribution in [3.63, 3.8) is 0 Å². The molecule has 0 fully saturated rings. The van der Waals surface area contributed by atoms with Gasteiger partial charge in [0.25, 0.3) is 5.91 Å². The van der Waals surface area contributed by atoms with Crippen molar-refractivity contribution in [2.24, 2.45) is 0 Å². The molecule has 1 amide bonds. The normalized spacial score (nSPS) is 12.7. The Labute approximate surface area is 136 Å². The molecule has 1 aliphatic heterocycles. The van der Waals surface area contributed by atoms with Gasteiger partial charge in [-0.2, -0.15) is 0 Å². The van der Waals surface area contributed by atoms with Crippen LogP contribution in [0.3, 0.4) is 0 Å². The summed E-state index contributed by atoms with van der Waals surface area (Å²) in [5, 5.41) is 5.25. The van der Waals surface area contributed by atoms with Crippen molar-refractivity contribution in [1.29, 1.82) is 0 Å². The second kappa shape index (κ2) is 5.55. The third-order valence-corrected chi connectivity index (χ3v) is 4.43. The summed E-state index contributed by atoms with van der Waals surface area (Å²) in [6.45, 7) is 2.54. The molecular formula is C17H14N2O3S. The molecule has 5 nitrogen and oxygen atoms in total. The van der Waals surface area contributed by atoms with Gasteiger partial charge in [-0.3, -0.25) is 10.1 Å². The standard InChI is InChI=1S/C17H14N2O3S/c1-10-2-4-15(22-10)16(20)19-17-18-13(9-23-17)11-3-5-14-12(8-11)6-7-21-14/h2-5,8-9H,6-7H2,1H3,(H,18,19,20). The Kier molecular flexibility index (Phi) is 3.38. The number of fused-ring (bicyclic) bond motifs is 1. The van der Waals surface area contributed by atoms with E-state index < -0.39 is 0 Å². The Morgan fingerprint density at radius 2 is 2.22 bits per heavy atom. The van der Waals surface area contributed by atoms with E-state index in [9.17, 15) is 4.79 Å². The van der Waals surface area contributed by atoms with Crippen LogP contribution in [0.1, 0.15) is 21.9 Å². The molecule has 3 aromatic rings. The van der Waals surface area contributed by atoms with Gasteiger partial charge in [-0.15, -0.1) is 11.3 Å². The first-order valence-corrected chi connectivity index (χ1v) is 8.16. The number of anilines is 1. The molecule has 0 saturated heterocycles. The molecule has 0 aliphatic carbocycles. The maximum atomic E-state index is 12.1. The first-order chi connectivity index (χ1) is 11.2. The summed E-state index contributed by atoms with van der Waals surface area (Å²) in [5.41, 5.74) is 3.07. The largest absolute Gasteiger partial charge is 0.493 e. The molecule has 0 unspecified atom stereocenters. The third kappa shape index (κ3) is 2.73. The summed E-state index contributed by atoms with van der Waals surface area (Å²) in [6.07, 6.45) is 0.925. The quantitative estimate of drug-likeness (QED) is 0.793. The number of aromatic nitrogens is 1. The van der Waals surface area contributed by atoms with E-state index in [2.05, 4.69) is 16.4 Å². The van der Waals surface area contributed by atoms with Gasteiger partial charge in [0, 0.05) is 17.4 Å². The number of benzene rings is 1. The van der Waals surface area contributed by atoms with Crippen molar-refractivity contribution in [1.82, 2.24) is 4.98 Å². The van der Waals surface area contributed by atoms with Gasteiger partial charge < -0.3 is 9.15 Å². The van der Waals surface area contributed by atoms with E-state index in [0.717, 1.165) is 30.0 Å². The van der Waals surface area contributed by atoms with Crippen LogP contribution in [0.25, 0.3) is 11.3 Å². The molecule has 0 radical (unpaired) electrons. The van der Waals surface area contributed by atoms with Gasteiger partial charge in [0.15, 0.2) is 10.9 Å². The number of carbonyl (C=O) groups excluding carboxylic acids is 1. The lowest BCUT2D eigenvalue weighted by Gasteiger charge is -2.01. The minimum Gasteiger partial charge on any atom is -0.493 e. The van der Waals surface area contributed by atoms with Gasteiger partial charge in [0.1, 0.15) is 11.5 Å². The molecule has 3 heterocycles. The number of thiazole rings is 1. The van der Waals surface area contributed by atoms with Gasteiger partial charge in [-0.05, 0) is 42.8 Å². The van der Waals surface area contributed by atoms with E-state index in [4.69, 9.17) is 9.15 Å². The number of amides is 1. The predicted octanol–water partition coefficient (Wildman–Crippen LogP) is 3.90. The van der Waals surface area contributed by atoms with Crippen LogP contribution >= 0.6 is 11.3 Å². The van der Waals surface area contributed by atoms with Crippen LogP contribution in [0, 0.1) is 6.92 Å². The van der Waals surface area contributed by atoms with E-state index >= 15 is 0 Å². The predicted molar refractivity (Wildman–Crippen MR) is 88.1 cm³/mol. The van der Waals surface area contributed by atoms with Crippen LogP contribution in [-0.2, 0) is 6.42 Å². The lowest BCUT2D eigenvalue weighted by atomic mass is 10.1. The van der Waals surface area contributed by atoms with Crippen LogP contribution in [0.4, 0.5) is 5.13 Å². The molecule has 0 saturated carbocycles. The van der Waals surface area contributed by atoms with Crippen LogP contribution in [0.15, 0.2) is 40.1 Å². The number of nitrogens with one attached hydrogen (secondary N) is 1. The highest BCUT2D eigenvalue weighted by atomic mass is 32.1. The Hall–Kier alpha value is -2.60. The summed E-state index contributed by atoms with van der Waals surface area (Å²) < 4.78 is 10.8. The second-order valence-corrected chi connectivity index (χ2v) is 6.18. The van der Waals surface area contributed by atoms with E-state index in [0.29, 0.717) is 10.9 Å². The lowest BCUT2D eigenvalue weighted by molar-refractivity contribution is 0.0995. The number of hydrogen-bond acceptors (Lipinski definition) is 5. The SMILES string of the molecule is Cc1ccc(C(=O)Nc2nc(-c3ccc4c(c3)CCO4)cs2)o1. The van der Waals surface area contributed by atoms with Gasteiger partial charge in [0.2, 0.25) is 0 Å². The lowest BCUT2D eigenvalue weighted by Crippen LogP contribution is -2.10. The second-order valence-electron chi connectivity index (χ2n) is 5.32. The highest BCUT2D eigenvalue weighted by Crippen LogP contribution is 2.32. The zero-order chi connectivity index (χ0) is 15.8. The van der Waals surface area contributed by atoms with Crippen molar-refractivity contribution in [3.05, 3.63) is 52.8 Å². The number of rotatable bonds is 3. The molecule has 2 aromatic heterocycles. The number of nitrogens with zero attached hydrogens (tertiary/aromatic N) is 1. The molecule has 23 heavy (non-hydrogen) atoms. The molecular weight excluding hydrogens is 312 g/mol. The molecule has 1 aromatic carbocycles. The molecule has 1 aliphatic rings. The fraction of sp³-hybridized carbons (Fsp3) is 0.176. The average molecular weight is 326 g/mol. The fourth-order valence-electron chi connectivity index (χ4n) is 2.52. The maximum absolute atomic E-state index is 12.1. The van der Waals surface area contributed by atoms with Crippen molar-refractivity contribution in [2.45, 2.75) is 13.3 Å². The molecule has 6 heteroatoms. The molecule has 1 N–H and O–H groups in total. The number of furan rings is 1. The van der Waals surface area contributed by atoms with Crippen molar-refractivity contribution < 1.29 is 13.9 Å². The summed E-state index contributed by atoms with van der Waals surface area (Å²) in [4.78, 5) is 16.6.